The highest BCUT2D eigenvalue weighted by Crippen LogP contribution is 2.39. The lowest BCUT2D eigenvalue weighted by atomic mass is 10.1. The van der Waals surface area contributed by atoms with E-state index in [1.807, 2.05) is 36.4 Å². The van der Waals surface area contributed by atoms with Crippen LogP contribution in [-0.2, 0) is 9.16 Å². The fourth-order valence-electron chi connectivity index (χ4n) is 5.19. The average Bonchev–Trinajstić information content (AvgIpc) is 2.92. The molecule has 9 heteroatoms. The second-order valence-corrected chi connectivity index (χ2v) is 14.9. The number of nitrogens with zero attached hydrogens (tertiary/aromatic N) is 2. The molecule has 1 N–H and O–H groups in total. The van der Waals surface area contributed by atoms with Crippen molar-refractivity contribution in [2.45, 2.75) is 51.2 Å². The largest absolute Gasteiger partial charge is 0.465 e. The van der Waals surface area contributed by atoms with E-state index >= 15 is 0 Å². The number of benzene rings is 3. The Morgan fingerprint density at radius 3 is 2.08 bits per heavy atom. The smallest absolute Gasteiger partial charge is 0.407 e. The van der Waals surface area contributed by atoms with Crippen LogP contribution in [0.25, 0.3) is 6.08 Å². The molecule has 1 heterocycles. The van der Waals surface area contributed by atoms with Gasteiger partial charge in [0.1, 0.15) is 0 Å². The van der Waals surface area contributed by atoms with E-state index < -0.39 is 37.8 Å². The monoisotopic (exact) mass is 546 g/mol. The normalized spacial score (nSPS) is 20.2. The molecule has 3 atom stereocenters. The molecule has 204 valence electrons. The summed E-state index contributed by atoms with van der Waals surface area (Å²) in [7, 11) is -3.04. The van der Waals surface area contributed by atoms with Crippen molar-refractivity contribution in [3.05, 3.63) is 107 Å². The van der Waals surface area contributed by atoms with Gasteiger partial charge in [-0.25, -0.2) is 4.79 Å². The fraction of sp³-hybridized carbons (Fsp3) is 0.300. The van der Waals surface area contributed by atoms with Crippen LogP contribution in [-0.4, -0.2) is 54.3 Å². The lowest BCUT2D eigenvalue weighted by Gasteiger charge is -2.49. The molecule has 1 aliphatic heterocycles. The van der Waals surface area contributed by atoms with Crippen molar-refractivity contribution in [3.63, 3.8) is 0 Å². The summed E-state index contributed by atoms with van der Waals surface area (Å²) in [6.45, 7) is 8.31. The molecule has 1 saturated heterocycles. The highest BCUT2D eigenvalue weighted by molar-refractivity contribution is 6.99. The van der Waals surface area contributed by atoms with E-state index in [1.54, 1.807) is 37.3 Å². The Balaban J connectivity index is 1.77. The zero-order valence-electron chi connectivity index (χ0n) is 22.6. The van der Waals surface area contributed by atoms with Gasteiger partial charge in [0, 0.05) is 6.07 Å². The van der Waals surface area contributed by atoms with Crippen molar-refractivity contribution in [1.82, 2.24) is 4.90 Å². The minimum atomic E-state index is -3.04. The summed E-state index contributed by atoms with van der Waals surface area (Å²) >= 11 is 0. The third-order valence-corrected chi connectivity index (χ3v) is 12.1. The minimum absolute atomic E-state index is 0.0341. The maximum absolute atomic E-state index is 12.3. The van der Waals surface area contributed by atoms with E-state index in [1.165, 1.54) is 11.0 Å². The molecule has 0 radical (unpaired) electrons. The number of carbonyl (C=O) groups is 1. The molecule has 1 fully saturated rings. The molecule has 3 aromatic rings. The molecule has 3 aromatic carbocycles. The minimum Gasteiger partial charge on any atom is -0.465 e. The summed E-state index contributed by atoms with van der Waals surface area (Å²) in [6.07, 6.45) is 0.665. The van der Waals surface area contributed by atoms with Crippen LogP contribution in [0.4, 0.5) is 10.5 Å². The van der Waals surface area contributed by atoms with Gasteiger partial charge in [0.2, 0.25) is 0 Å². The molecule has 8 nitrogen and oxygen atoms in total. The van der Waals surface area contributed by atoms with Gasteiger partial charge in [-0.2, -0.15) is 0 Å². The number of morpholine rings is 1. The summed E-state index contributed by atoms with van der Waals surface area (Å²) in [4.78, 5) is 24.6. The Kier molecular flexibility index (Phi) is 8.34. The summed E-state index contributed by atoms with van der Waals surface area (Å²) < 4.78 is 13.6. The topological polar surface area (TPSA) is 102 Å². The van der Waals surface area contributed by atoms with E-state index in [2.05, 4.69) is 45.0 Å². The van der Waals surface area contributed by atoms with Gasteiger partial charge in [0.25, 0.3) is 14.0 Å². The Labute approximate surface area is 229 Å². The number of nitro groups is 1. The molecule has 0 aromatic heterocycles. The Bertz CT molecular complexity index is 1290. The van der Waals surface area contributed by atoms with Crippen LogP contribution < -0.4 is 10.4 Å². The van der Waals surface area contributed by atoms with Crippen LogP contribution in [0.15, 0.2) is 91.0 Å². The third kappa shape index (κ3) is 5.80. The van der Waals surface area contributed by atoms with Gasteiger partial charge >= 0.3 is 6.09 Å². The zero-order chi connectivity index (χ0) is 28.2. The Hall–Kier alpha value is -3.79. The Morgan fingerprint density at radius 2 is 1.56 bits per heavy atom. The van der Waals surface area contributed by atoms with Gasteiger partial charge in [-0.1, -0.05) is 99.6 Å². The van der Waals surface area contributed by atoms with Crippen molar-refractivity contribution < 1.29 is 24.0 Å². The van der Waals surface area contributed by atoms with Crippen LogP contribution in [0, 0.1) is 10.1 Å². The molecule has 0 bridgehead atoms. The number of rotatable bonds is 7. The van der Waals surface area contributed by atoms with Crippen LogP contribution >= 0.6 is 0 Å². The molecule has 4 rings (SSSR count). The van der Waals surface area contributed by atoms with Crippen molar-refractivity contribution in [2.24, 2.45) is 0 Å². The molecule has 0 saturated carbocycles. The number of para-hydroxylation sites is 1. The number of hydrogen-bond donors (Lipinski definition) is 1. The van der Waals surface area contributed by atoms with E-state index in [0.717, 1.165) is 10.4 Å². The second-order valence-electron chi connectivity index (χ2n) is 10.7. The first-order valence-corrected chi connectivity index (χ1v) is 14.8. The SMILES string of the molecule is C[C@@H]1[C@H](O[Si](c2ccccc2)(c2ccccc2)C(C)(C)C)O[C@H](/C=C/c2ccccc2[N+](=O)[O-])CN1C(=O)O. The van der Waals surface area contributed by atoms with Gasteiger partial charge < -0.3 is 14.3 Å². The number of amides is 1. The third-order valence-electron chi connectivity index (χ3n) is 7.15. The van der Waals surface area contributed by atoms with E-state index in [9.17, 15) is 20.0 Å². The zero-order valence-corrected chi connectivity index (χ0v) is 23.6. The summed E-state index contributed by atoms with van der Waals surface area (Å²) in [6, 6.07) is 26.0. The standard InChI is InChI=1S/C30H34N2O6Si/c1-22-28(37-24(21-31(22)29(33)34)20-19-23-13-11-12-18-27(23)32(35)36)38-39(30(2,3)4,25-14-7-5-8-15-25)26-16-9-6-10-17-26/h5-20,22,24,28H,21H2,1-4H3,(H,33,34)/b20-19+/t22-,24-,28+/m1/s1. The maximum atomic E-state index is 12.3. The van der Waals surface area contributed by atoms with Crippen LogP contribution in [0.2, 0.25) is 5.04 Å². The lowest BCUT2D eigenvalue weighted by molar-refractivity contribution is -0.385. The molecule has 0 aliphatic carbocycles. The van der Waals surface area contributed by atoms with Gasteiger partial charge in [-0.15, -0.1) is 0 Å². The maximum Gasteiger partial charge on any atom is 0.407 e. The van der Waals surface area contributed by atoms with E-state index in [0.29, 0.717) is 5.56 Å². The second kappa shape index (κ2) is 11.5. The summed E-state index contributed by atoms with van der Waals surface area (Å²) in [5.41, 5.74) is 0.379. The highest BCUT2D eigenvalue weighted by atomic mass is 28.4. The van der Waals surface area contributed by atoms with E-state index in [4.69, 9.17) is 9.16 Å². The predicted octanol–water partition coefficient (Wildman–Crippen LogP) is 5.28. The molecule has 1 amide bonds. The van der Waals surface area contributed by atoms with Crippen molar-refractivity contribution in [3.8, 4) is 0 Å². The van der Waals surface area contributed by atoms with Crippen molar-refractivity contribution in [2.75, 3.05) is 6.54 Å². The number of hydrogen-bond acceptors (Lipinski definition) is 5. The molecule has 39 heavy (non-hydrogen) atoms. The number of carboxylic acid groups (broad SMARTS) is 1. The summed E-state index contributed by atoms with van der Waals surface area (Å²) in [5, 5.41) is 23.3. The molecular weight excluding hydrogens is 512 g/mol. The van der Waals surface area contributed by atoms with Gasteiger partial charge in [0.05, 0.1) is 29.2 Å². The lowest BCUT2D eigenvalue weighted by Crippen LogP contribution is -2.70. The first kappa shape index (κ1) is 28.2. The molecular formula is C30H34N2O6Si. The van der Waals surface area contributed by atoms with Crippen LogP contribution in [0.3, 0.4) is 0 Å². The Morgan fingerprint density at radius 1 is 1.03 bits per heavy atom. The van der Waals surface area contributed by atoms with Crippen LogP contribution in [0.1, 0.15) is 33.3 Å². The number of ether oxygens (including phenoxy) is 1. The molecule has 0 unspecified atom stereocenters. The van der Waals surface area contributed by atoms with Gasteiger partial charge in [-0.3, -0.25) is 15.0 Å². The van der Waals surface area contributed by atoms with E-state index in [-0.39, 0.29) is 17.3 Å². The first-order valence-electron chi connectivity index (χ1n) is 12.9. The first-order chi connectivity index (χ1) is 18.5. The van der Waals surface area contributed by atoms with Gasteiger partial charge in [0.15, 0.2) is 6.29 Å². The van der Waals surface area contributed by atoms with Crippen LogP contribution in [0.5, 0.6) is 0 Å². The van der Waals surface area contributed by atoms with Gasteiger partial charge in [-0.05, 0) is 34.5 Å². The highest BCUT2D eigenvalue weighted by Gasteiger charge is 2.53. The number of nitro benzene ring substituents is 1. The predicted molar refractivity (Wildman–Crippen MR) is 154 cm³/mol. The molecule has 0 spiro atoms. The quantitative estimate of drug-likeness (QED) is 0.246. The average molecular weight is 547 g/mol. The summed E-state index contributed by atoms with van der Waals surface area (Å²) in [5.74, 6) is 0. The van der Waals surface area contributed by atoms with Crippen molar-refractivity contribution >= 4 is 36.5 Å². The molecule has 1 aliphatic rings. The van der Waals surface area contributed by atoms with Crippen molar-refractivity contribution in [1.29, 1.82) is 0 Å². The fourth-order valence-corrected chi connectivity index (χ4v) is 9.81.